The highest BCUT2D eigenvalue weighted by atomic mass is 35.5. The smallest absolute Gasteiger partial charge is 0.253 e. The summed E-state index contributed by atoms with van der Waals surface area (Å²) >= 11 is 6.11. The van der Waals surface area contributed by atoms with Gasteiger partial charge in [0, 0.05) is 6.54 Å². The molecule has 1 fully saturated rings. The normalized spacial score (nSPS) is 16.8. The molecule has 0 aliphatic carbocycles. The number of carbonyl (C=O) groups excluding carboxylic acids is 1. The zero-order valence-electron chi connectivity index (χ0n) is 12.9. The number of rotatable bonds is 4. The average Bonchev–Trinajstić information content (AvgIpc) is 3.06. The van der Waals surface area contributed by atoms with Crippen LogP contribution in [0.25, 0.3) is 0 Å². The Kier molecular flexibility index (Phi) is 4.82. The van der Waals surface area contributed by atoms with Gasteiger partial charge in [0.15, 0.2) is 0 Å². The van der Waals surface area contributed by atoms with Gasteiger partial charge in [-0.15, -0.1) is 0 Å². The van der Waals surface area contributed by atoms with Crippen molar-refractivity contribution in [2.45, 2.75) is 19.4 Å². The maximum atomic E-state index is 12.4. The molecule has 24 heavy (non-hydrogen) atoms. The Morgan fingerprint density at radius 2 is 2.12 bits per heavy atom. The zero-order chi connectivity index (χ0) is 17.2. The van der Waals surface area contributed by atoms with E-state index < -0.39 is 10.0 Å². The van der Waals surface area contributed by atoms with E-state index in [1.54, 1.807) is 24.3 Å². The van der Waals surface area contributed by atoms with Crippen LogP contribution in [-0.4, -0.2) is 26.6 Å². The van der Waals surface area contributed by atoms with Gasteiger partial charge in [-0.3, -0.25) is 9.10 Å². The molecule has 128 valence electrons. The van der Waals surface area contributed by atoms with E-state index in [2.05, 4.69) is 5.32 Å². The molecular formula is C16H17ClN2O4S. The molecule has 1 aliphatic rings. The summed E-state index contributed by atoms with van der Waals surface area (Å²) in [6.07, 6.45) is 2.97. The maximum absolute atomic E-state index is 12.4. The maximum Gasteiger partial charge on any atom is 0.253 e. The molecule has 1 saturated heterocycles. The first kappa shape index (κ1) is 16.9. The lowest BCUT2D eigenvalue weighted by molar-refractivity contribution is 0.0948. The lowest BCUT2D eigenvalue weighted by atomic mass is 10.1. The van der Waals surface area contributed by atoms with E-state index in [1.165, 1.54) is 16.6 Å². The summed E-state index contributed by atoms with van der Waals surface area (Å²) in [5.41, 5.74) is 0.698. The van der Waals surface area contributed by atoms with Crippen molar-refractivity contribution in [3.63, 3.8) is 0 Å². The van der Waals surface area contributed by atoms with Crippen LogP contribution in [0.1, 0.15) is 29.0 Å². The molecule has 8 heteroatoms. The summed E-state index contributed by atoms with van der Waals surface area (Å²) < 4.78 is 30.9. The molecule has 1 aromatic carbocycles. The number of hydrogen-bond acceptors (Lipinski definition) is 4. The van der Waals surface area contributed by atoms with Crippen molar-refractivity contribution in [1.29, 1.82) is 0 Å². The number of halogens is 1. The Morgan fingerprint density at radius 3 is 2.83 bits per heavy atom. The predicted octanol–water partition coefficient (Wildman–Crippen LogP) is 2.79. The highest BCUT2D eigenvalue weighted by Gasteiger charge is 2.27. The van der Waals surface area contributed by atoms with Gasteiger partial charge in [0.2, 0.25) is 10.0 Å². The van der Waals surface area contributed by atoms with E-state index in [0.29, 0.717) is 24.4 Å². The topological polar surface area (TPSA) is 79.6 Å². The fraction of sp³-hybridized carbons (Fsp3) is 0.312. The van der Waals surface area contributed by atoms with Gasteiger partial charge in [0.1, 0.15) is 5.76 Å². The first-order valence-electron chi connectivity index (χ1n) is 7.58. The molecule has 2 heterocycles. The van der Waals surface area contributed by atoms with Crippen molar-refractivity contribution in [3.8, 4) is 0 Å². The van der Waals surface area contributed by atoms with Gasteiger partial charge >= 0.3 is 0 Å². The van der Waals surface area contributed by atoms with Gasteiger partial charge in [0.25, 0.3) is 5.91 Å². The van der Waals surface area contributed by atoms with Crippen molar-refractivity contribution in [1.82, 2.24) is 5.32 Å². The Hall–Kier alpha value is -1.99. The fourth-order valence-electron chi connectivity index (χ4n) is 2.60. The van der Waals surface area contributed by atoms with Gasteiger partial charge in [-0.25, -0.2) is 8.42 Å². The third-order valence-electron chi connectivity index (χ3n) is 3.84. The van der Waals surface area contributed by atoms with Crippen molar-refractivity contribution < 1.29 is 17.6 Å². The molecule has 3 rings (SSSR count). The number of nitrogens with one attached hydrogen (secondary N) is 1. The lowest BCUT2D eigenvalue weighted by Crippen LogP contribution is -2.38. The number of amides is 1. The number of benzene rings is 1. The Labute approximate surface area is 145 Å². The van der Waals surface area contributed by atoms with E-state index in [4.69, 9.17) is 16.0 Å². The minimum Gasteiger partial charge on any atom is -0.467 e. The standard InChI is InChI=1S/C16H17ClN2O4S/c17-15-6-5-12(19-7-1-2-9-24(19,21)22)10-14(15)16(20)18-11-13-4-3-8-23-13/h3-6,8,10H,1-2,7,9,11H2,(H,18,20). The molecule has 0 radical (unpaired) electrons. The summed E-state index contributed by atoms with van der Waals surface area (Å²) in [5, 5.41) is 2.98. The Morgan fingerprint density at radius 1 is 1.29 bits per heavy atom. The van der Waals surface area contributed by atoms with Gasteiger partial charge in [-0.1, -0.05) is 11.6 Å². The summed E-state index contributed by atoms with van der Waals surface area (Å²) in [5.74, 6) is 0.359. The van der Waals surface area contributed by atoms with Gasteiger partial charge in [0.05, 0.1) is 34.8 Å². The van der Waals surface area contributed by atoms with Gasteiger partial charge in [-0.05, 0) is 43.2 Å². The summed E-state index contributed by atoms with van der Waals surface area (Å²) in [6, 6.07) is 8.16. The molecule has 0 bridgehead atoms. The van der Waals surface area contributed by atoms with Crippen LogP contribution in [0.3, 0.4) is 0 Å². The number of nitrogens with zero attached hydrogens (tertiary/aromatic N) is 1. The van der Waals surface area contributed by atoms with E-state index in [-0.39, 0.29) is 28.8 Å². The quantitative estimate of drug-likeness (QED) is 0.899. The first-order valence-corrected chi connectivity index (χ1v) is 9.56. The predicted molar refractivity (Wildman–Crippen MR) is 91.7 cm³/mol. The second kappa shape index (κ2) is 6.86. The van der Waals surface area contributed by atoms with Crippen LogP contribution in [0.5, 0.6) is 0 Å². The fourth-order valence-corrected chi connectivity index (χ4v) is 4.43. The minimum atomic E-state index is -3.34. The van der Waals surface area contributed by atoms with Crippen molar-refractivity contribution in [2.24, 2.45) is 0 Å². The van der Waals surface area contributed by atoms with Crippen LogP contribution >= 0.6 is 11.6 Å². The highest BCUT2D eigenvalue weighted by molar-refractivity contribution is 7.92. The Balaban J connectivity index is 1.82. The highest BCUT2D eigenvalue weighted by Crippen LogP contribution is 2.28. The molecular weight excluding hydrogens is 352 g/mol. The van der Waals surface area contributed by atoms with Crippen LogP contribution in [0.15, 0.2) is 41.0 Å². The molecule has 0 saturated carbocycles. The number of hydrogen-bond donors (Lipinski definition) is 1. The zero-order valence-corrected chi connectivity index (χ0v) is 14.4. The Bertz CT molecular complexity index is 834. The first-order chi connectivity index (χ1) is 11.5. The molecule has 0 atom stereocenters. The monoisotopic (exact) mass is 368 g/mol. The van der Waals surface area contributed by atoms with E-state index in [0.717, 1.165) is 6.42 Å². The van der Waals surface area contributed by atoms with Crippen molar-refractivity contribution in [3.05, 3.63) is 52.9 Å². The van der Waals surface area contributed by atoms with E-state index >= 15 is 0 Å². The molecule has 0 unspecified atom stereocenters. The molecule has 6 nitrogen and oxygen atoms in total. The summed E-state index contributed by atoms with van der Waals surface area (Å²) in [7, 11) is -3.34. The minimum absolute atomic E-state index is 0.121. The van der Waals surface area contributed by atoms with Crippen LogP contribution < -0.4 is 9.62 Å². The van der Waals surface area contributed by atoms with Crippen LogP contribution in [-0.2, 0) is 16.6 Å². The third kappa shape index (κ3) is 3.57. The molecule has 1 aromatic heterocycles. The molecule has 1 amide bonds. The number of anilines is 1. The third-order valence-corrected chi connectivity index (χ3v) is 6.03. The molecule has 0 spiro atoms. The summed E-state index contributed by atoms with van der Waals surface area (Å²) in [6.45, 7) is 0.645. The molecule has 1 N–H and O–H groups in total. The van der Waals surface area contributed by atoms with Gasteiger partial charge in [-0.2, -0.15) is 0 Å². The van der Waals surface area contributed by atoms with Crippen LogP contribution in [0, 0.1) is 0 Å². The number of furan rings is 1. The van der Waals surface area contributed by atoms with Crippen LogP contribution in [0.4, 0.5) is 5.69 Å². The van der Waals surface area contributed by atoms with Crippen molar-refractivity contribution >= 4 is 33.2 Å². The molecule has 1 aliphatic heterocycles. The van der Waals surface area contributed by atoms with E-state index in [9.17, 15) is 13.2 Å². The average molecular weight is 369 g/mol. The summed E-state index contributed by atoms with van der Waals surface area (Å²) in [4.78, 5) is 12.4. The largest absolute Gasteiger partial charge is 0.467 e. The SMILES string of the molecule is O=C(NCc1ccco1)c1cc(N2CCCCS2(=O)=O)ccc1Cl. The second-order valence-corrected chi connectivity index (χ2v) is 7.94. The van der Waals surface area contributed by atoms with Crippen molar-refractivity contribution in [2.75, 3.05) is 16.6 Å². The van der Waals surface area contributed by atoms with E-state index in [1.807, 2.05) is 0 Å². The second-order valence-electron chi connectivity index (χ2n) is 5.52. The van der Waals surface area contributed by atoms with Crippen LogP contribution in [0.2, 0.25) is 5.02 Å². The van der Waals surface area contributed by atoms with Gasteiger partial charge < -0.3 is 9.73 Å². The number of sulfonamides is 1. The lowest BCUT2D eigenvalue weighted by Gasteiger charge is -2.28. The molecule has 2 aromatic rings. The number of carbonyl (C=O) groups is 1.